The molecule has 1 amide bonds. The molecule has 6 heteroatoms. The van der Waals surface area contributed by atoms with Crippen LogP contribution in [0.1, 0.15) is 36.9 Å². The van der Waals surface area contributed by atoms with Crippen molar-refractivity contribution < 1.29 is 14.3 Å². The second-order valence-corrected chi connectivity index (χ2v) is 7.99. The molecule has 2 fully saturated rings. The predicted molar refractivity (Wildman–Crippen MR) is 99.4 cm³/mol. The first-order chi connectivity index (χ1) is 12.5. The lowest BCUT2D eigenvalue weighted by Gasteiger charge is -2.48. The van der Waals surface area contributed by atoms with Gasteiger partial charge in [0.1, 0.15) is 0 Å². The summed E-state index contributed by atoms with van der Waals surface area (Å²) in [5.74, 6) is 2.26. The molecule has 0 spiro atoms. The van der Waals surface area contributed by atoms with Crippen LogP contribution in [0.2, 0.25) is 0 Å². The molecule has 26 heavy (non-hydrogen) atoms. The van der Waals surface area contributed by atoms with E-state index in [1.165, 1.54) is 11.1 Å². The van der Waals surface area contributed by atoms with E-state index in [2.05, 4.69) is 24.0 Å². The third-order valence-corrected chi connectivity index (χ3v) is 6.28. The Hall–Kier alpha value is -1.79. The molecule has 3 heterocycles. The van der Waals surface area contributed by atoms with E-state index in [1.807, 2.05) is 4.90 Å². The molecule has 4 atom stereocenters. The highest BCUT2D eigenvalue weighted by molar-refractivity contribution is 5.79. The molecule has 0 unspecified atom stereocenters. The molecule has 0 radical (unpaired) electrons. The first-order valence-corrected chi connectivity index (χ1v) is 9.55. The van der Waals surface area contributed by atoms with Gasteiger partial charge in [-0.25, -0.2) is 0 Å². The molecule has 1 aromatic carbocycles. The summed E-state index contributed by atoms with van der Waals surface area (Å²) >= 11 is 0. The zero-order chi connectivity index (χ0) is 18.4. The van der Waals surface area contributed by atoms with Gasteiger partial charge in [-0.05, 0) is 42.0 Å². The number of nitrogens with zero attached hydrogens (tertiary/aromatic N) is 2. The van der Waals surface area contributed by atoms with E-state index in [0.29, 0.717) is 18.4 Å². The van der Waals surface area contributed by atoms with E-state index in [-0.39, 0.29) is 18.0 Å². The molecule has 3 aliphatic rings. The Balaban J connectivity index is 1.60. The van der Waals surface area contributed by atoms with Crippen molar-refractivity contribution in [1.82, 2.24) is 9.80 Å². The molecule has 0 saturated carbocycles. The van der Waals surface area contributed by atoms with Crippen molar-refractivity contribution in [3.8, 4) is 11.5 Å². The number of nitrogens with two attached hydrogens (primary N) is 1. The lowest BCUT2D eigenvalue weighted by Crippen LogP contribution is -2.60. The van der Waals surface area contributed by atoms with Gasteiger partial charge in [0.15, 0.2) is 11.5 Å². The van der Waals surface area contributed by atoms with E-state index in [1.54, 1.807) is 14.2 Å². The standard InChI is InChI=1S/C20H29N3O3/c1-12-6-20(24)23(10-12)17-11-22-5-4-13-7-18(25-2)19(26-3)8-14(13)16(22)9-15(17)21/h7-8,12,15-17H,4-6,9-11,21H2,1-3H3/t12-,15-,16-,17-/m1/s1. The smallest absolute Gasteiger partial charge is 0.223 e. The second-order valence-electron chi connectivity index (χ2n) is 7.99. The maximum atomic E-state index is 12.4. The maximum absolute atomic E-state index is 12.4. The lowest BCUT2D eigenvalue weighted by molar-refractivity contribution is -0.131. The van der Waals surface area contributed by atoms with E-state index in [0.717, 1.165) is 44.0 Å². The maximum Gasteiger partial charge on any atom is 0.223 e. The molecule has 3 aliphatic heterocycles. The minimum atomic E-state index is 0.00421. The molecule has 0 bridgehead atoms. The Kier molecular flexibility index (Phi) is 4.57. The van der Waals surface area contributed by atoms with Gasteiger partial charge in [-0.1, -0.05) is 6.92 Å². The minimum Gasteiger partial charge on any atom is -0.493 e. The number of hydrogen-bond acceptors (Lipinski definition) is 5. The number of carbonyl (C=O) groups is 1. The van der Waals surface area contributed by atoms with Crippen LogP contribution in [0.3, 0.4) is 0 Å². The number of benzene rings is 1. The van der Waals surface area contributed by atoms with Gasteiger partial charge >= 0.3 is 0 Å². The van der Waals surface area contributed by atoms with Gasteiger partial charge in [-0.3, -0.25) is 9.69 Å². The van der Waals surface area contributed by atoms with Gasteiger partial charge in [0.05, 0.1) is 20.3 Å². The minimum absolute atomic E-state index is 0.00421. The fourth-order valence-electron chi connectivity index (χ4n) is 4.93. The number of rotatable bonds is 3. The largest absolute Gasteiger partial charge is 0.493 e. The molecule has 142 valence electrons. The number of ether oxygens (including phenoxy) is 2. The summed E-state index contributed by atoms with van der Waals surface area (Å²) in [6, 6.07) is 4.64. The van der Waals surface area contributed by atoms with Crippen molar-refractivity contribution in [2.24, 2.45) is 11.7 Å². The Morgan fingerprint density at radius 2 is 1.88 bits per heavy atom. The molecule has 4 rings (SSSR count). The summed E-state index contributed by atoms with van der Waals surface area (Å²) in [4.78, 5) is 16.9. The van der Waals surface area contributed by atoms with Gasteiger partial charge in [-0.15, -0.1) is 0 Å². The zero-order valence-electron chi connectivity index (χ0n) is 15.9. The summed E-state index contributed by atoms with van der Waals surface area (Å²) < 4.78 is 11.0. The van der Waals surface area contributed by atoms with E-state index in [4.69, 9.17) is 15.2 Å². The quantitative estimate of drug-likeness (QED) is 0.887. The van der Waals surface area contributed by atoms with Gasteiger partial charge in [0.25, 0.3) is 0 Å². The highest BCUT2D eigenvalue weighted by atomic mass is 16.5. The lowest BCUT2D eigenvalue weighted by atomic mass is 9.83. The molecule has 2 N–H and O–H groups in total. The van der Waals surface area contributed by atoms with Crippen LogP contribution in [0, 0.1) is 5.92 Å². The van der Waals surface area contributed by atoms with Crippen LogP contribution in [0.25, 0.3) is 0 Å². The number of piperidine rings is 1. The molecule has 2 saturated heterocycles. The average molecular weight is 359 g/mol. The summed E-state index contributed by atoms with van der Waals surface area (Å²) in [6.07, 6.45) is 2.51. The molecule has 6 nitrogen and oxygen atoms in total. The number of carbonyl (C=O) groups excluding carboxylic acids is 1. The Bertz CT molecular complexity index is 708. The first-order valence-electron chi connectivity index (χ1n) is 9.55. The number of methoxy groups -OCH3 is 2. The predicted octanol–water partition coefficient (Wildman–Crippen LogP) is 1.57. The average Bonchev–Trinajstić information content (AvgIpc) is 2.97. The van der Waals surface area contributed by atoms with Crippen LogP contribution >= 0.6 is 0 Å². The van der Waals surface area contributed by atoms with Crippen molar-refractivity contribution in [2.75, 3.05) is 33.9 Å². The van der Waals surface area contributed by atoms with E-state index < -0.39 is 0 Å². The van der Waals surface area contributed by atoms with Gasteiger partial charge in [-0.2, -0.15) is 0 Å². The molecular formula is C20H29N3O3. The third kappa shape index (κ3) is 2.85. The monoisotopic (exact) mass is 359 g/mol. The summed E-state index contributed by atoms with van der Waals surface area (Å²) in [5, 5.41) is 0. The van der Waals surface area contributed by atoms with Crippen LogP contribution in [-0.2, 0) is 11.2 Å². The molecule has 1 aromatic rings. The molecular weight excluding hydrogens is 330 g/mol. The van der Waals surface area contributed by atoms with Crippen molar-refractivity contribution in [2.45, 2.75) is 44.3 Å². The third-order valence-electron chi connectivity index (χ3n) is 6.28. The number of amides is 1. The van der Waals surface area contributed by atoms with Crippen molar-refractivity contribution in [3.05, 3.63) is 23.3 Å². The Morgan fingerprint density at radius 1 is 1.15 bits per heavy atom. The van der Waals surface area contributed by atoms with Gasteiger partial charge in [0, 0.05) is 38.1 Å². The van der Waals surface area contributed by atoms with Crippen LogP contribution in [0.5, 0.6) is 11.5 Å². The Labute approximate surface area is 155 Å². The van der Waals surface area contributed by atoms with Crippen molar-refractivity contribution in [1.29, 1.82) is 0 Å². The zero-order valence-corrected chi connectivity index (χ0v) is 15.9. The van der Waals surface area contributed by atoms with Crippen LogP contribution < -0.4 is 15.2 Å². The molecule has 0 aromatic heterocycles. The van der Waals surface area contributed by atoms with Crippen LogP contribution in [-0.4, -0.2) is 61.6 Å². The highest BCUT2D eigenvalue weighted by Gasteiger charge is 2.43. The van der Waals surface area contributed by atoms with E-state index in [9.17, 15) is 4.79 Å². The van der Waals surface area contributed by atoms with Crippen molar-refractivity contribution in [3.63, 3.8) is 0 Å². The van der Waals surface area contributed by atoms with Gasteiger partial charge in [0.2, 0.25) is 5.91 Å². The van der Waals surface area contributed by atoms with Crippen LogP contribution in [0.4, 0.5) is 0 Å². The topological polar surface area (TPSA) is 68.0 Å². The van der Waals surface area contributed by atoms with Crippen LogP contribution in [0.15, 0.2) is 12.1 Å². The fraction of sp³-hybridized carbons (Fsp3) is 0.650. The second kappa shape index (κ2) is 6.74. The Morgan fingerprint density at radius 3 is 2.54 bits per heavy atom. The summed E-state index contributed by atoms with van der Waals surface area (Å²) in [7, 11) is 3.35. The number of fused-ring (bicyclic) bond motifs is 3. The van der Waals surface area contributed by atoms with E-state index >= 15 is 0 Å². The van der Waals surface area contributed by atoms with Gasteiger partial charge < -0.3 is 20.1 Å². The first kappa shape index (κ1) is 17.6. The normalized spacial score (nSPS) is 31.5. The number of likely N-dealkylation sites (tertiary alicyclic amines) is 1. The summed E-state index contributed by atoms with van der Waals surface area (Å²) in [6.45, 7) is 4.84. The SMILES string of the molecule is COc1cc2c(cc1OC)[C@H]1C[C@@H](N)[C@H](N3C[C@H](C)CC3=O)CN1CC2. The highest BCUT2D eigenvalue weighted by Crippen LogP contribution is 2.42. The van der Waals surface area contributed by atoms with Crippen molar-refractivity contribution >= 4 is 5.91 Å². The summed E-state index contributed by atoms with van der Waals surface area (Å²) in [5.41, 5.74) is 9.20. The molecule has 0 aliphatic carbocycles. The number of hydrogen-bond donors (Lipinski definition) is 1. The fourth-order valence-corrected chi connectivity index (χ4v) is 4.93.